The zero-order chi connectivity index (χ0) is 24.4. The highest BCUT2D eigenvalue weighted by atomic mass is 16.4. The Morgan fingerprint density at radius 3 is 2.62 bits per heavy atom. The minimum atomic E-state index is -1.29. The maximum Gasteiger partial charge on any atom is 0.326 e. The Kier molecular flexibility index (Phi) is 6.25. The number of piperazine rings is 1. The maximum absolute atomic E-state index is 12.5. The Morgan fingerprint density at radius 2 is 1.94 bits per heavy atom. The molecule has 13 heteroatoms. The molecule has 2 aliphatic heterocycles. The fraction of sp³-hybridized carbons (Fsp3) is 0.381. The first kappa shape index (κ1) is 22.9. The highest BCUT2D eigenvalue weighted by Crippen LogP contribution is 2.30. The number of nitrogens with zero attached hydrogens (tertiary/aromatic N) is 3. The van der Waals surface area contributed by atoms with E-state index in [2.05, 4.69) is 25.5 Å². The topological polar surface area (TPSA) is 194 Å². The summed E-state index contributed by atoms with van der Waals surface area (Å²) in [6.45, 7) is 2.46. The lowest BCUT2D eigenvalue weighted by Crippen LogP contribution is -2.59. The van der Waals surface area contributed by atoms with Crippen LogP contribution in [0.2, 0.25) is 0 Å². The van der Waals surface area contributed by atoms with Crippen molar-refractivity contribution in [2.24, 2.45) is 0 Å². The third kappa shape index (κ3) is 4.72. The van der Waals surface area contributed by atoms with Gasteiger partial charge in [0.15, 0.2) is 5.82 Å². The van der Waals surface area contributed by atoms with Crippen LogP contribution in [0.15, 0.2) is 29.1 Å². The lowest BCUT2D eigenvalue weighted by molar-refractivity contribution is -0.140. The van der Waals surface area contributed by atoms with E-state index in [4.69, 9.17) is 10.8 Å². The first-order valence-corrected chi connectivity index (χ1v) is 10.7. The third-order valence-electron chi connectivity index (χ3n) is 5.93. The van der Waals surface area contributed by atoms with Gasteiger partial charge in [-0.1, -0.05) is 0 Å². The molecule has 2 aliphatic rings. The van der Waals surface area contributed by atoms with Gasteiger partial charge in [-0.15, -0.1) is 0 Å². The second-order valence-electron chi connectivity index (χ2n) is 8.17. The Labute approximate surface area is 193 Å². The van der Waals surface area contributed by atoms with Crippen LogP contribution < -0.4 is 31.7 Å². The lowest BCUT2D eigenvalue weighted by atomic mass is 10.1. The Morgan fingerprint density at radius 1 is 1.21 bits per heavy atom. The molecule has 2 aromatic rings. The number of nitrogens with two attached hydrogens (primary N) is 1. The Hall–Kier alpha value is -4.29. The summed E-state index contributed by atoms with van der Waals surface area (Å²) in [6, 6.07) is 5.48. The number of anilines is 4. The number of carboxylic acids is 2. The summed E-state index contributed by atoms with van der Waals surface area (Å²) in [5.74, 6) is -2.47. The molecule has 1 aromatic heterocycles. The molecule has 3 heterocycles. The van der Waals surface area contributed by atoms with Gasteiger partial charge in [-0.25, -0.2) is 4.79 Å². The number of hydrogen-bond acceptors (Lipinski definition) is 9. The molecular formula is C21H25N7O6. The van der Waals surface area contributed by atoms with Gasteiger partial charge in [-0.2, -0.15) is 4.98 Å². The second-order valence-corrected chi connectivity index (χ2v) is 8.17. The molecule has 1 saturated heterocycles. The zero-order valence-corrected chi connectivity index (χ0v) is 18.2. The number of aromatic amines is 1. The first-order chi connectivity index (χ1) is 16.2. The fourth-order valence-corrected chi connectivity index (χ4v) is 4.24. The summed E-state index contributed by atoms with van der Waals surface area (Å²) in [7, 11) is 0. The van der Waals surface area contributed by atoms with Crippen LogP contribution in [0.3, 0.4) is 0 Å². The smallest absolute Gasteiger partial charge is 0.326 e. The predicted molar refractivity (Wildman–Crippen MR) is 123 cm³/mol. The number of nitrogens with one attached hydrogen (secondary N) is 3. The van der Waals surface area contributed by atoms with Crippen molar-refractivity contribution in [3.05, 3.63) is 40.2 Å². The summed E-state index contributed by atoms with van der Waals surface area (Å²) in [5, 5.41) is 23.5. The van der Waals surface area contributed by atoms with E-state index in [9.17, 15) is 24.3 Å². The summed E-state index contributed by atoms with van der Waals surface area (Å²) in [6.07, 6.45) is -0.569. The number of benzene rings is 1. The van der Waals surface area contributed by atoms with Crippen molar-refractivity contribution in [3.8, 4) is 0 Å². The zero-order valence-electron chi connectivity index (χ0n) is 18.2. The number of aliphatic carboxylic acids is 2. The fourth-order valence-electron chi connectivity index (χ4n) is 4.24. The summed E-state index contributed by atoms with van der Waals surface area (Å²) < 4.78 is 0. The number of amides is 1. The second kappa shape index (κ2) is 9.29. The van der Waals surface area contributed by atoms with Crippen LogP contribution >= 0.6 is 0 Å². The monoisotopic (exact) mass is 471 g/mol. The minimum absolute atomic E-state index is 0.0290. The van der Waals surface area contributed by atoms with Crippen molar-refractivity contribution in [1.82, 2.24) is 15.3 Å². The van der Waals surface area contributed by atoms with E-state index in [0.29, 0.717) is 37.7 Å². The van der Waals surface area contributed by atoms with E-state index < -0.39 is 23.9 Å². The van der Waals surface area contributed by atoms with Gasteiger partial charge in [-0.3, -0.25) is 19.4 Å². The van der Waals surface area contributed by atoms with Gasteiger partial charge in [-0.05, 0) is 30.7 Å². The van der Waals surface area contributed by atoms with Crippen LogP contribution in [0, 0.1) is 0 Å². The molecule has 1 unspecified atom stereocenters. The SMILES string of the molecule is Nc1nc2c(c(=O)[nH]1)N1CCN(c3ccc(C(=O)N[C@@H](CCC(=O)O)C(=O)O)cc3)CC1CN2. The van der Waals surface area contributed by atoms with Gasteiger partial charge >= 0.3 is 11.9 Å². The number of carbonyl (C=O) groups excluding carboxylic acids is 1. The van der Waals surface area contributed by atoms with Gasteiger partial charge < -0.3 is 36.4 Å². The first-order valence-electron chi connectivity index (χ1n) is 10.7. The lowest BCUT2D eigenvalue weighted by Gasteiger charge is -2.46. The number of carbonyl (C=O) groups is 3. The van der Waals surface area contributed by atoms with Gasteiger partial charge in [0.2, 0.25) is 5.95 Å². The number of H-pyrrole nitrogens is 1. The van der Waals surface area contributed by atoms with Gasteiger partial charge in [0.1, 0.15) is 11.7 Å². The molecule has 1 aromatic carbocycles. The molecule has 0 radical (unpaired) electrons. The van der Waals surface area contributed by atoms with Gasteiger partial charge in [0, 0.05) is 43.9 Å². The van der Waals surface area contributed by atoms with E-state index in [-0.39, 0.29) is 36.0 Å². The van der Waals surface area contributed by atoms with Crippen molar-refractivity contribution in [2.75, 3.05) is 47.0 Å². The summed E-state index contributed by atoms with van der Waals surface area (Å²) >= 11 is 0. The molecule has 13 nitrogen and oxygen atoms in total. The van der Waals surface area contributed by atoms with Crippen molar-refractivity contribution in [1.29, 1.82) is 0 Å². The number of nitrogen functional groups attached to an aromatic ring is 1. The number of rotatable bonds is 7. The average Bonchev–Trinajstić information content (AvgIpc) is 2.80. The Balaban J connectivity index is 1.41. The van der Waals surface area contributed by atoms with E-state index in [1.54, 1.807) is 24.3 Å². The van der Waals surface area contributed by atoms with Crippen LogP contribution in [0.25, 0.3) is 0 Å². The number of carboxylic acid groups (broad SMARTS) is 2. The highest BCUT2D eigenvalue weighted by Gasteiger charge is 2.34. The third-order valence-corrected chi connectivity index (χ3v) is 5.93. The molecule has 0 saturated carbocycles. The van der Waals surface area contributed by atoms with E-state index in [1.807, 2.05) is 4.90 Å². The molecule has 2 atom stereocenters. The predicted octanol–water partition coefficient (Wildman–Crippen LogP) is -0.479. The molecule has 180 valence electrons. The largest absolute Gasteiger partial charge is 0.481 e. The van der Waals surface area contributed by atoms with Crippen molar-refractivity contribution < 1.29 is 24.6 Å². The molecular weight excluding hydrogens is 446 g/mol. The number of hydrogen-bond donors (Lipinski definition) is 6. The van der Waals surface area contributed by atoms with Crippen molar-refractivity contribution >= 4 is 41.0 Å². The van der Waals surface area contributed by atoms with Crippen molar-refractivity contribution in [3.63, 3.8) is 0 Å². The summed E-state index contributed by atoms with van der Waals surface area (Å²) in [4.78, 5) is 57.8. The highest BCUT2D eigenvalue weighted by molar-refractivity contribution is 5.97. The molecule has 0 spiro atoms. The molecule has 4 rings (SSSR count). The van der Waals surface area contributed by atoms with E-state index in [0.717, 1.165) is 5.69 Å². The maximum atomic E-state index is 12.5. The normalized spacial score (nSPS) is 17.7. The number of aromatic nitrogens is 2. The van der Waals surface area contributed by atoms with Gasteiger partial charge in [0.05, 0.1) is 6.04 Å². The molecule has 1 amide bonds. The summed E-state index contributed by atoms with van der Waals surface area (Å²) in [5.41, 5.74) is 6.98. The van der Waals surface area contributed by atoms with Crippen LogP contribution in [0.4, 0.5) is 23.1 Å². The molecule has 0 aliphatic carbocycles. The van der Waals surface area contributed by atoms with Crippen LogP contribution in [-0.4, -0.2) is 76.3 Å². The average molecular weight is 471 g/mol. The molecule has 0 bridgehead atoms. The molecule has 1 fully saturated rings. The van der Waals surface area contributed by atoms with Crippen LogP contribution in [0.5, 0.6) is 0 Å². The van der Waals surface area contributed by atoms with Crippen LogP contribution in [0.1, 0.15) is 23.2 Å². The molecule has 34 heavy (non-hydrogen) atoms. The van der Waals surface area contributed by atoms with Gasteiger partial charge in [0.25, 0.3) is 11.5 Å². The number of fused-ring (bicyclic) bond motifs is 3. The van der Waals surface area contributed by atoms with Crippen molar-refractivity contribution in [2.45, 2.75) is 24.9 Å². The minimum Gasteiger partial charge on any atom is -0.481 e. The van der Waals surface area contributed by atoms with Crippen LogP contribution in [-0.2, 0) is 9.59 Å². The standard InChI is InChI=1S/C21H25N7O6/c22-21-25-17-16(19(32)26-21)28-8-7-27(10-13(28)9-23-17)12-3-1-11(2-4-12)18(31)24-14(20(33)34)5-6-15(29)30/h1-4,13-14H,5-10H2,(H,24,31)(H,29,30)(H,33,34)(H4,22,23,25,26,32)/t13?,14-/m0/s1. The molecule has 7 N–H and O–H groups in total. The van der Waals surface area contributed by atoms with E-state index in [1.165, 1.54) is 0 Å². The Bertz CT molecular complexity index is 1170. The van der Waals surface area contributed by atoms with E-state index >= 15 is 0 Å². The quantitative estimate of drug-likeness (QED) is 0.305.